The highest BCUT2D eigenvalue weighted by atomic mass is 16.2. The molecule has 0 spiro atoms. The van der Waals surface area contributed by atoms with Gasteiger partial charge in [0.2, 0.25) is 5.91 Å². The third-order valence-electron chi connectivity index (χ3n) is 2.96. The van der Waals surface area contributed by atoms with Crippen molar-refractivity contribution in [1.29, 1.82) is 0 Å². The molecule has 2 aromatic carbocycles. The lowest BCUT2D eigenvalue weighted by Crippen LogP contribution is -2.39. The van der Waals surface area contributed by atoms with Crippen LogP contribution in [0.15, 0.2) is 54.6 Å². The molecule has 1 amide bonds. The number of para-hydroxylation sites is 1. The molecule has 98 valence electrons. The molecule has 0 heterocycles. The maximum Gasteiger partial charge on any atom is 0.238 e. The fraction of sp³-hybridized carbons (Fsp3) is 0.188. The second-order valence-corrected chi connectivity index (χ2v) is 4.33. The number of rotatable bonds is 4. The van der Waals surface area contributed by atoms with Gasteiger partial charge in [0, 0.05) is 19.0 Å². The summed E-state index contributed by atoms with van der Waals surface area (Å²) in [7, 11) is 1.86. The van der Waals surface area contributed by atoms with E-state index in [0.29, 0.717) is 6.42 Å². The zero-order chi connectivity index (χ0) is 13.7. The van der Waals surface area contributed by atoms with Crippen LogP contribution < -0.4 is 10.4 Å². The van der Waals surface area contributed by atoms with Gasteiger partial charge in [-0.1, -0.05) is 55.5 Å². The molecule has 3 heteroatoms. The van der Waals surface area contributed by atoms with E-state index in [1.807, 2.05) is 50.4 Å². The summed E-state index contributed by atoms with van der Waals surface area (Å²) in [6.07, 6.45) is 0.470. The number of amides is 1. The van der Waals surface area contributed by atoms with Crippen LogP contribution in [0.25, 0.3) is 11.1 Å². The molecule has 1 N–H and O–H groups in total. The van der Waals surface area contributed by atoms with Crippen LogP contribution >= 0.6 is 0 Å². The average molecular weight is 254 g/mol. The van der Waals surface area contributed by atoms with Crippen LogP contribution in [0.5, 0.6) is 0 Å². The fourth-order valence-electron chi connectivity index (χ4n) is 1.95. The van der Waals surface area contributed by atoms with Gasteiger partial charge in [-0.15, -0.1) is 0 Å². The Morgan fingerprint density at radius 2 is 1.68 bits per heavy atom. The van der Waals surface area contributed by atoms with Gasteiger partial charge in [-0.3, -0.25) is 15.2 Å². The first kappa shape index (κ1) is 13.1. The summed E-state index contributed by atoms with van der Waals surface area (Å²) in [5, 5.41) is 1.77. The van der Waals surface area contributed by atoms with E-state index in [4.69, 9.17) is 0 Å². The van der Waals surface area contributed by atoms with Gasteiger partial charge in [-0.2, -0.15) is 0 Å². The molecule has 0 saturated carbocycles. The smallest absolute Gasteiger partial charge is 0.238 e. The summed E-state index contributed by atoms with van der Waals surface area (Å²) in [5.74, 6) is 0.00497. The van der Waals surface area contributed by atoms with Crippen LogP contribution in [0, 0.1) is 0 Å². The molecule has 0 aliphatic carbocycles. The van der Waals surface area contributed by atoms with Gasteiger partial charge in [0.1, 0.15) is 0 Å². The lowest BCUT2D eigenvalue weighted by atomic mass is 10.0. The third kappa shape index (κ3) is 3.13. The van der Waals surface area contributed by atoms with Crippen LogP contribution in [0.1, 0.15) is 13.3 Å². The number of carbonyl (C=O) groups excluding carboxylic acids is 1. The number of nitrogens with zero attached hydrogens (tertiary/aromatic N) is 1. The Kier molecular flexibility index (Phi) is 4.18. The molecular weight excluding hydrogens is 236 g/mol. The van der Waals surface area contributed by atoms with Gasteiger partial charge in [0.05, 0.1) is 5.69 Å². The number of anilines is 1. The standard InChI is InChI=1S/C16H18N2O/c1-3-16(19)17-18(2)15-12-8-7-11-14(15)13-9-5-4-6-10-13/h4-12H,3H2,1-2H3,(H,17,19). The number of hydrogen-bond acceptors (Lipinski definition) is 2. The molecule has 0 aliphatic heterocycles. The monoisotopic (exact) mass is 254 g/mol. The Morgan fingerprint density at radius 3 is 2.37 bits per heavy atom. The molecule has 0 atom stereocenters. The zero-order valence-electron chi connectivity index (χ0n) is 11.3. The minimum absolute atomic E-state index is 0.00497. The maximum atomic E-state index is 11.5. The minimum Gasteiger partial charge on any atom is -0.288 e. The zero-order valence-corrected chi connectivity index (χ0v) is 11.3. The lowest BCUT2D eigenvalue weighted by Gasteiger charge is -2.23. The molecule has 0 saturated heterocycles. The lowest BCUT2D eigenvalue weighted by molar-refractivity contribution is -0.120. The predicted octanol–water partition coefficient (Wildman–Crippen LogP) is 3.23. The van der Waals surface area contributed by atoms with Crippen molar-refractivity contribution in [3.8, 4) is 11.1 Å². The Bertz CT molecular complexity index is 552. The summed E-state index contributed by atoms with van der Waals surface area (Å²) in [6.45, 7) is 1.84. The van der Waals surface area contributed by atoms with Crippen LogP contribution in [0.2, 0.25) is 0 Å². The highest BCUT2D eigenvalue weighted by Gasteiger charge is 2.09. The van der Waals surface area contributed by atoms with Crippen molar-refractivity contribution in [3.63, 3.8) is 0 Å². The summed E-state index contributed by atoms with van der Waals surface area (Å²) in [5.41, 5.74) is 6.07. The summed E-state index contributed by atoms with van der Waals surface area (Å²) in [6, 6.07) is 18.2. The van der Waals surface area contributed by atoms with E-state index in [0.717, 1.165) is 16.8 Å². The highest BCUT2D eigenvalue weighted by molar-refractivity contribution is 5.82. The molecule has 0 unspecified atom stereocenters. The number of nitrogens with one attached hydrogen (secondary N) is 1. The first-order chi connectivity index (χ1) is 9.22. The topological polar surface area (TPSA) is 32.3 Å². The van der Waals surface area contributed by atoms with Crippen molar-refractivity contribution in [3.05, 3.63) is 54.6 Å². The van der Waals surface area contributed by atoms with Crippen LogP contribution in [0.4, 0.5) is 5.69 Å². The Balaban J connectivity index is 2.34. The number of hydrazine groups is 1. The summed E-state index contributed by atoms with van der Waals surface area (Å²) in [4.78, 5) is 11.5. The van der Waals surface area contributed by atoms with Crippen molar-refractivity contribution >= 4 is 11.6 Å². The molecule has 19 heavy (non-hydrogen) atoms. The number of carbonyl (C=O) groups is 1. The average Bonchev–Trinajstić information content (AvgIpc) is 2.48. The number of hydrogen-bond donors (Lipinski definition) is 1. The van der Waals surface area contributed by atoms with Gasteiger partial charge in [-0.25, -0.2) is 0 Å². The van der Waals surface area contributed by atoms with Gasteiger partial charge >= 0.3 is 0 Å². The van der Waals surface area contributed by atoms with Crippen molar-refractivity contribution in [2.75, 3.05) is 12.1 Å². The number of benzene rings is 2. The largest absolute Gasteiger partial charge is 0.288 e. The van der Waals surface area contributed by atoms with E-state index >= 15 is 0 Å². The van der Waals surface area contributed by atoms with E-state index in [1.54, 1.807) is 5.01 Å². The Morgan fingerprint density at radius 1 is 1.05 bits per heavy atom. The van der Waals surface area contributed by atoms with Crippen molar-refractivity contribution < 1.29 is 4.79 Å². The van der Waals surface area contributed by atoms with Gasteiger partial charge < -0.3 is 0 Å². The highest BCUT2D eigenvalue weighted by Crippen LogP contribution is 2.29. The molecular formula is C16H18N2O. The second-order valence-electron chi connectivity index (χ2n) is 4.33. The minimum atomic E-state index is 0.00497. The fourth-order valence-corrected chi connectivity index (χ4v) is 1.95. The van der Waals surface area contributed by atoms with E-state index in [1.165, 1.54) is 0 Å². The third-order valence-corrected chi connectivity index (χ3v) is 2.96. The van der Waals surface area contributed by atoms with Gasteiger partial charge in [0.15, 0.2) is 0 Å². The SMILES string of the molecule is CCC(=O)NN(C)c1ccccc1-c1ccccc1. The van der Waals surface area contributed by atoms with Crippen molar-refractivity contribution in [2.24, 2.45) is 0 Å². The first-order valence-corrected chi connectivity index (χ1v) is 6.40. The molecule has 0 bridgehead atoms. The Labute approximate surface area is 113 Å². The quantitative estimate of drug-likeness (QED) is 0.850. The summed E-state index contributed by atoms with van der Waals surface area (Å²) < 4.78 is 0. The van der Waals surface area contributed by atoms with Crippen LogP contribution in [-0.4, -0.2) is 13.0 Å². The second kappa shape index (κ2) is 6.05. The van der Waals surface area contributed by atoms with Crippen LogP contribution in [0.3, 0.4) is 0 Å². The first-order valence-electron chi connectivity index (χ1n) is 6.40. The summed E-state index contributed by atoms with van der Waals surface area (Å²) >= 11 is 0. The van der Waals surface area contributed by atoms with Gasteiger partial charge in [0.25, 0.3) is 0 Å². The van der Waals surface area contributed by atoms with E-state index in [-0.39, 0.29) is 5.91 Å². The van der Waals surface area contributed by atoms with E-state index in [2.05, 4.69) is 23.6 Å². The molecule has 0 fully saturated rings. The molecule has 2 aromatic rings. The van der Waals surface area contributed by atoms with E-state index < -0.39 is 0 Å². The molecule has 0 aliphatic rings. The van der Waals surface area contributed by atoms with E-state index in [9.17, 15) is 4.79 Å². The Hall–Kier alpha value is -2.29. The van der Waals surface area contributed by atoms with Gasteiger partial charge in [-0.05, 0) is 11.6 Å². The molecule has 2 rings (SSSR count). The predicted molar refractivity (Wildman–Crippen MR) is 78.7 cm³/mol. The van der Waals surface area contributed by atoms with Crippen molar-refractivity contribution in [1.82, 2.24) is 5.43 Å². The normalized spacial score (nSPS) is 10.0. The van der Waals surface area contributed by atoms with Crippen molar-refractivity contribution in [2.45, 2.75) is 13.3 Å². The maximum absolute atomic E-state index is 11.5. The molecule has 3 nitrogen and oxygen atoms in total. The van der Waals surface area contributed by atoms with Crippen LogP contribution in [-0.2, 0) is 4.79 Å². The molecule has 0 radical (unpaired) electrons. The molecule has 0 aromatic heterocycles.